The van der Waals surface area contributed by atoms with E-state index in [1.807, 2.05) is 18.2 Å². The second-order valence-electron chi connectivity index (χ2n) is 17.9. The first-order valence-electron chi connectivity index (χ1n) is 20.0. The molecule has 2 aromatic rings. The van der Waals surface area contributed by atoms with Crippen LogP contribution in [0.1, 0.15) is 79.2 Å². The fraction of sp³-hybridized carbons (Fsp3) is 0.610. The second-order valence-corrected chi connectivity index (χ2v) is 19.8. The van der Waals surface area contributed by atoms with Crippen LogP contribution in [0.15, 0.2) is 37.1 Å². The van der Waals surface area contributed by atoms with Gasteiger partial charge >= 0.3 is 6.09 Å². The molecule has 0 unspecified atom stereocenters. The smallest absolute Gasteiger partial charge is 0.408 e. The number of sulfonamides is 1. The fourth-order valence-corrected chi connectivity index (χ4v) is 8.87. The molecule has 1 saturated heterocycles. The molecule has 17 nitrogen and oxygen atoms in total. The molecule has 0 radical (unpaired) electrons. The van der Waals surface area contributed by atoms with Crippen LogP contribution in [0.5, 0.6) is 11.6 Å². The number of hydrogen-bond donors (Lipinski definition) is 4. The molecule has 59 heavy (non-hydrogen) atoms. The maximum atomic E-state index is 14.9. The monoisotopic (exact) mass is 840 g/mol. The Hall–Kier alpha value is -4.97. The van der Waals surface area contributed by atoms with Crippen LogP contribution in [-0.2, 0) is 45.1 Å². The molecule has 0 spiro atoms. The van der Waals surface area contributed by atoms with Gasteiger partial charge in [0.15, 0.2) is 0 Å². The number of rotatable bonds is 8. The lowest BCUT2D eigenvalue weighted by molar-refractivity contribution is -0.145. The molecule has 6 rings (SSSR count). The number of carbonyl (C=O) groups excluding carboxylic acids is 5. The summed E-state index contributed by atoms with van der Waals surface area (Å²) >= 11 is 0. The maximum absolute atomic E-state index is 14.9. The minimum absolute atomic E-state index is 0.0308. The highest BCUT2D eigenvalue weighted by Crippen LogP contribution is 2.46. The average Bonchev–Trinajstić information content (AvgIpc) is 4.08. The summed E-state index contributed by atoms with van der Waals surface area (Å²) in [7, 11) is -2.37. The minimum atomic E-state index is -3.94. The van der Waals surface area contributed by atoms with Crippen molar-refractivity contribution in [2.45, 2.75) is 121 Å². The zero-order chi connectivity index (χ0) is 43.1. The Bertz CT molecular complexity index is 2110. The number of nitrogens with zero attached hydrogens (tertiary/aromatic N) is 2. The molecular weight excluding hydrogens is 785 g/mol. The molecule has 6 atom stereocenters. The van der Waals surface area contributed by atoms with Crippen molar-refractivity contribution in [2.75, 3.05) is 26.9 Å². The number of amides is 5. The molecule has 3 fully saturated rings. The number of methoxy groups -OCH3 is 1. The largest absolute Gasteiger partial charge is 0.496 e. The van der Waals surface area contributed by atoms with Crippen LogP contribution < -0.4 is 30.1 Å². The van der Waals surface area contributed by atoms with E-state index in [0.29, 0.717) is 36.8 Å². The first-order valence-corrected chi connectivity index (χ1v) is 21.5. The summed E-state index contributed by atoms with van der Waals surface area (Å²) in [5.74, 6) is -2.59. The number of aromatic nitrogens is 1. The fourth-order valence-electron chi connectivity index (χ4n) is 7.51. The topological polar surface area (TPSA) is 221 Å². The molecule has 4 bridgehead atoms. The van der Waals surface area contributed by atoms with E-state index in [2.05, 4.69) is 32.2 Å². The van der Waals surface area contributed by atoms with Crippen molar-refractivity contribution < 1.29 is 51.3 Å². The van der Waals surface area contributed by atoms with Gasteiger partial charge in [0.05, 0.1) is 25.5 Å². The summed E-state index contributed by atoms with van der Waals surface area (Å²) in [6, 6.07) is 1.87. The molecular formula is C41H56N6O11S. The van der Waals surface area contributed by atoms with Crippen LogP contribution in [-0.4, -0.2) is 116 Å². The molecule has 4 aliphatic rings. The van der Waals surface area contributed by atoms with Crippen LogP contribution in [0.2, 0.25) is 0 Å². The lowest BCUT2D eigenvalue weighted by Gasteiger charge is -2.36. The Balaban J connectivity index is 1.37. The van der Waals surface area contributed by atoms with Crippen molar-refractivity contribution in [1.29, 1.82) is 0 Å². The number of aryl methyl sites for hydroxylation is 1. The highest BCUT2D eigenvalue weighted by molar-refractivity contribution is 7.91. The Morgan fingerprint density at radius 1 is 1.12 bits per heavy atom. The van der Waals surface area contributed by atoms with E-state index in [1.165, 1.54) is 11.0 Å². The number of ether oxygens (including phenoxy) is 4. The van der Waals surface area contributed by atoms with Crippen molar-refractivity contribution >= 4 is 50.5 Å². The molecule has 1 aromatic heterocycles. The highest BCUT2D eigenvalue weighted by Gasteiger charge is 2.62. The number of carbonyl (C=O) groups is 5. The quantitative estimate of drug-likeness (QED) is 0.282. The minimum Gasteiger partial charge on any atom is -0.496 e. The Kier molecular flexibility index (Phi) is 12.3. The van der Waals surface area contributed by atoms with Crippen molar-refractivity contribution in [3.63, 3.8) is 0 Å². The van der Waals surface area contributed by atoms with Crippen LogP contribution in [0.4, 0.5) is 4.79 Å². The molecule has 322 valence electrons. The number of alkyl carbamates (subject to hydrolysis) is 1. The lowest BCUT2D eigenvalue weighted by atomic mass is 9.85. The summed E-state index contributed by atoms with van der Waals surface area (Å²) in [4.78, 5) is 75.8. The predicted molar refractivity (Wildman–Crippen MR) is 216 cm³/mol. The first-order chi connectivity index (χ1) is 27.7. The van der Waals surface area contributed by atoms with Crippen molar-refractivity contribution in [2.24, 2.45) is 11.3 Å². The summed E-state index contributed by atoms with van der Waals surface area (Å²) in [5.41, 5.74) is -2.56. The number of pyridine rings is 1. The van der Waals surface area contributed by atoms with E-state index in [-0.39, 0.29) is 38.5 Å². The SMILES string of the molecule is C=C[C@@H]1C[C@]1(NC(=O)[C@@H]1C[C@@H]2CN1C(=O)[C@H](C(C)(C)C)NC(=O)[C@@H](NC(=O)OC(C)(C)C)COCCCc1cc3c(nccc3cc1OC)O2)C(=O)NS(=O)(=O)C1CC1. The van der Waals surface area contributed by atoms with Crippen LogP contribution in [0, 0.1) is 11.3 Å². The van der Waals surface area contributed by atoms with Gasteiger partial charge < -0.3 is 39.8 Å². The Morgan fingerprint density at radius 3 is 2.47 bits per heavy atom. The molecule has 18 heteroatoms. The van der Waals surface area contributed by atoms with Gasteiger partial charge in [0.2, 0.25) is 33.6 Å². The average molecular weight is 841 g/mol. The second kappa shape index (κ2) is 16.6. The maximum Gasteiger partial charge on any atom is 0.408 e. The van der Waals surface area contributed by atoms with E-state index in [1.54, 1.807) is 54.8 Å². The van der Waals surface area contributed by atoms with E-state index in [0.717, 1.165) is 10.9 Å². The molecule has 2 aliphatic heterocycles. The summed E-state index contributed by atoms with van der Waals surface area (Å²) in [6.45, 7) is 13.9. The molecule has 2 saturated carbocycles. The van der Waals surface area contributed by atoms with Gasteiger partial charge in [-0.2, -0.15) is 0 Å². The predicted octanol–water partition coefficient (Wildman–Crippen LogP) is 2.65. The lowest BCUT2D eigenvalue weighted by Crippen LogP contribution is -2.62. The molecule has 3 heterocycles. The van der Waals surface area contributed by atoms with Crippen LogP contribution in [0.3, 0.4) is 0 Å². The number of fused-ring (bicyclic) bond motifs is 3. The number of benzene rings is 1. The third-order valence-corrected chi connectivity index (χ3v) is 12.7. The zero-order valence-electron chi connectivity index (χ0n) is 34.7. The van der Waals surface area contributed by atoms with E-state index in [4.69, 9.17) is 18.9 Å². The molecule has 5 amide bonds. The first kappa shape index (κ1) is 43.6. The normalized spacial score (nSPS) is 26.8. The van der Waals surface area contributed by atoms with E-state index < -0.39 is 91.7 Å². The summed E-state index contributed by atoms with van der Waals surface area (Å²) in [5, 5.41) is 8.98. The number of nitrogens with one attached hydrogen (secondary N) is 4. The van der Waals surface area contributed by atoms with Gasteiger partial charge in [0.25, 0.3) is 5.91 Å². The van der Waals surface area contributed by atoms with Gasteiger partial charge in [-0.1, -0.05) is 26.8 Å². The molecule has 2 aliphatic carbocycles. The highest BCUT2D eigenvalue weighted by atomic mass is 32.2. The van der Waals surface area contributed by atoms with Crippen LogP contribution in [0.25, 0.3) is 10.8 Å². The Morgan fingerprint density at radius 2 is 1.85 bits per heavy atom. The molecule has 1 aromatic carbocycles. The van der Waals surface area contributed by atoms with Gasteiger partial charge in [-0.25, -0.2) is 18.2 Å². The standard InChI is InChI=1S/C41H56N6O11S/c1-9-25-20-41(25,37(51)46-59(53,54)27-12-13-27)45-34(49)30-19-26-21-47(30)36(50)32(39(2,3)4)44-33(48)29(43-38(52)58-40(5,6)7)22-56-16-10-11-24-17-28-23(18-31(24)55-8)14-15-42-35(28)57-26/h9,14-15,17-18,25-27,29-30,32H,1,10-13,16,19-22H2,2-8H3,(H,43,52)(H,44,48)(H,45,49)(H,46,51)/t25-,26-,29+,30+,32-,41-/m1/s1. The summed E-state index contributed by atoms with van der Waals surface area (Å²) in [6.07, 6.45) is 3.42. The van der Waals surface area contributed by atoms with E-state index >= 15 is 0 Å². The van der Waals surface area contributed by atoms with Crippen LogP contribution >= 0.6 is 0 Å². The van der Waals surface area contributed by atoms with Gasteiger partial charge in [0.1, 0.15) is 41.1 Å². The third-order valence-electron chi connectivity index (χ3n) is 10.9. The van der Waals surface area contributed by atoms with E-state index in [9.17, 15) is 32.4 Å². The zero-order valence-corrected chi connectivity index (χ0v) is 35.5. The molecule has 4 N–H and O–H groups in total. The van der Waals surface area contributed by atoms with Gasteiger partial charge in [-0.15, -0.1) is 6.58 Å². The van der Waals surface area contributed by atoms with Crippen molar-refractivity contribution in [1.82, 2.24) is 30.6 Å². The van der Waals surface area contributed by atoms with Gasteiger partial charge in [-0.05, 0) is 87.4 Å². The third kappa shape index (κ3) is 9.91. The van der Waals surface area contributed by atoms with Gasteiger partial charge in [-0.3, -0.25) is 23.9 Å². The van der Waals surface area contributed by atoms with Crippen molar-refractivity contribution in [3.8, 4) is 11.6 Å². The van der Waals surface area contributed by atoms with Crippen molar-refractivity contribution in [3.05, 3.63) is 42.6 Å². The summed E-state index contributed by atoms with van der Waals surface area (Å²) < 4.78 is 51.3. The Labute approximate surface area is 344 Å². The number of hydrogen-bond acceptors (Lipinski definition) is 12. The van der Waals surface area contributed by atoms with Gasteiger partial charge in [0, 0.05) is 30.5 Å².